The first-order valence-corrected chi connectivity index (χ1v) is 7.10. The highest BCUT2D eigenvalue weighted by molar-refractivity contribution is 5.37. The number of nitrogens with zero attached hydrogens (tertiary/aromatic N) is 4. The summed E-state index contributed by atoms with van der Waals surface area (Å²) in [5, 5.41) is 20.6. The van der Waals surface area contributed by atoms with Gasteiger partial charge in [0.15, 0.2) is 0 Å². The van der Waals surface area contributed by atoms with Gasteiger partial charge in [-0.2, -0.15) is 0 Å². The zero-order chi connectivity index (χ0) is 14.5. The monoisotopic (exact) mass is 289 g/mol. The Bertz CT molecular complexity index is 580. The first-order chi connectivity index (χ1) is 10.3. The first kappa shape index (κ1) is 14.0. The van der Waals surface area contributed by atoms with Gasteiger partial charge in [-0.25, -0.2) is 4.98 Å². The van der Waals surface area contributed by atoms with Gasteiger partial charge < -0.3 is 15.2 Å². The molecular weight excluding hydrogens is 270 g/mol. The van der Waals surface area contributed by atoms with Crippen molar-refractivity contribution < 1.29 is 9.84 Å². The SMILES string of the molecule is OCc1ccnc(NCc2cn(CC3CCOC3)nn2)c1. The van der Waals surface area contributed by atoms with Gasteiger partial charge in [0.2, 0.25) is 0 Å². The molecule has 0 amide bonds. The van der Waals surface area contributed by atoms with Gasteiger partial charge in [0.05, 0.1) is 26.0 Å². The van der Waals surface area contributed by atoms with Gasteiger partial charge in [0, 0.05) is 25.3 Å². The third kappa shape index (κ3) is 3.77. The Kier molecular flexibility index (Phi) is 4.42. The van der Waals surface area contributed by atoms with Gasteiger partial charge in [-0.3, -0.25) is 4.68 Å². The molecule has 0 aliphatic carbocycles. The van der Waals surface area contributed by atoms with Crippen molar-refractivity contribution in [1.29, 1.82) is 0 Å². The number of nitrogens with one attached hydrogen (secondary N) is 1. The molecule has 1 unspecified atom stereocenters. The second-order valence-corrected chi connectivity index (χ2v) is 5.22. The fraction of sp³-hybridized carbons (Fsp3) is 0.500. The minimum absolute atomic E-state index is 0.0108. The molecule has 1 fully saturated rings. The van der Waals surface area contributed by atoms with Gasteiger partial charge in [-0.15, -0.1) is 5.10 Å². The zero-order valence-electron chi connectivity index (χ0n) is 11.8. The number of aliphatic hydroxyl groups is 1. The number of hydrogen-bond acceptors (Lipinski definition) is 6. The van der Waals surface area contributed by atoms with E-state index in [0.717, 1.165) is 43.3 Å². The molecule has 0 aromatic carbocycles. The van der Waals surface area contributed by atoms with Gasteiger partial charge in [0.1, 0.15) is 11.5 Å². The Balaban J connectivity index is 1.54. The van der Waals surface area contributed by atoms with Gasteiger partial charge in [0.25, 0.3) is 0 Å². The predicted octanol–water partition coefficient (Wildman–Crippen LogP) is 0.814. The molecule has 21 heavy (non-hydrogen) atoms. The molecule has 0 radical (unpaired) electrons. The van der Waals surface area contributed by atoms with Crippen LogP contribution in [0.2, 0.25) is 0 Å². The predicted molar refractivity (Wildman–Crippen MR) is 76.4 cm³/mol. The molecule has 0 saturated carbocycles. The van der Waals surface area contributed by atoms with E-state index >= 15 is 0 Å². The largest absolute Gasteiger partial charge is 0.392 e. The second kappa shape index (κ2) is 6.64. The molecule has 1 aliphatic rings. The Morgan fingerprint density at radius 2 is 2.43 bits per heavy atom. The quantitative estimate of drug-likeness (QED) is 0.818. The number of ether oxygens (including phenoxy) is 1. The minimum Gasteiger partial charge on any atom is -0.392 e. The van der Waals surface area contributed by atoms with Crippen LogP contribution in [0.25, 0.3) is 0 Å². The third-order valence-electron chi connectivity index (χ3n) is 3.51. The Morgan fingerprint density at radius 3 is 3.24 bits per heavy atom. The summed E-state index contributed by atoms with van der Waals surface area (Å²) in [5.74, 6) is 1.26. The van der Waals surface area contributed by atoms with Crippen LogP contribution in [0, 0.1) is 5.92 Å². The minimum atomic E-state index is 0.0108. The number of rotatable bonds is 6. The lowest BCUT2D eigenvalue weighted by Crippen LogP contribution is -2.11. The van der Waals surface area contributed by atoms with Crippen LogP contribution in [0.3, 0.4) is 0 Å². The maximum Gasteiger partial charge on any atom is 0.126 e. The van der Waals surface area contributed by atoms with Crippen LogP contribution in [-0.2, 0) is 24.4 Å². The van der Waals surface area contributed by atoms with E-state index in [4.69, 9.17) is 9.84 Å². The van der Waals surface area contributed by atoms with E-state index in [2.05, 4.69) is 20.6 Å². The maximum atomic E-state index is 9.09. The highest BCUT2D eigenvalue weighted by Gasteiger charge is 2.16. The summed E-state index contributed by atoms with van der Waals surface area (Å²) < 4.78 is 7.23. The van der Waals surface area contributed by atoms with Crippen molar-refractivity contribution in [3.63, 3.8) is 0 Å². The lowest BCUT2D eigenvalue weighted by molar-refractivity contribution is 0.181. The molecule has 3 heterocycles. The van der Waals surface area contributed by atoms with Crippen molar-refractivity contribution in [2.75, 3.05) is 18.5 Å². The topological polar surface area (TPSA) is 85.1 Å². The van der Waals surface area contributed by atoms with Gasteiger partial charge in [-0.05, 0) is 24.1 Å². The maximum absolute atomic E-state index is 9.09. The van der Waals surface area contributed by atoms with E-state index in [0.29, 0.717) is 12.5 Å². The summed E-state index contributed by atoms with van der Waals surface area (Å²) in [4.78, 5) is 4.20. The van der Waals surface area contributed by atoms with E-state index in [9.17, 15) is 0 Å². The molecular formula is C14H19N5O2. The fourth-order valence-corrected chi connectivity index (χ4v) is 2.35. The average Bonchev–Trinajstić information content (AvgIpc) is 3.18. The van der Waals surface area contributed by atoms with Gasteiger partial charge >= 0.3 is 0 Å². The van der Waals surface area contributed by atoms with Crippen LogP contribution in [0.15, 0.2) is 24.5 Å². The number of anilines is 1. The highest BCUT2D eigenvalue weighted by atomic mass is 16.5. The van der Waals surface area contributed by atoms with Crippen molar-refractivity contribution in [2.45, 2.75) is 26.1 Å². The summed E-state index contributed by atoms with van der Waals surface area (Å²) in [6.45, 7) is 3.08. The zero-order valence-corrected chi connectivity index (χ0v) is 11.8. The lowest BCUT2D eigenvalue weighted by Gasteiger charge is -2.06. The van der Waals surface area contributed by atoms with E-state index in [-0.39, 0.29) is 6.61 Å². The summed E-state index contributed by atoms with van der Waals surface area (Å²) in [6, 6.07) is 3.60. The summed E-state index contributed by atoms with van der Waals surface area (Å²) in [6.07, 6.45) is 4.71. The first-order valence-electron chi connectivity index (χ1n) is 7.10. The summed E-state index contributed by atoms with van der Waals surface area (Å²) >= 11 is 0. The number of hydrogen-bond donors (Lipinski definition) is 2. The molecule has 0 spiro atoms. The molecule has 0 bridgehead atoms. The smallest absolute Gasteiger partial charge is 0.126 e. The molecule has 2 N–H and O–H groups in total. The van der Waals surface area contributed by atoms with Crippen LogP contribution in [0.5, 0.6) is 0 Å². The van der Waals surface area contributed by atoms with E-state index in [1.807, 2.05) is 16.9 Å². The lowest BCUT2D eigenvalue weighted by atomic mass is 10.1. The average molecular weight is 289 g/mol. The molecule has 7 heteroatoms. The van der Waals surface area contributed by atoms with Crippen LogP contribution >= 0.6 is 0 Å². The molecule has 1 atom stereocenters. The molecule has 1 saturated heterocycles. The summed E-state index contributed by atoms with van der Waals surface area (Å²) in [7, 11) is 0. The summed E-state index contributed by atoms with van der Waals surface area (Å²) in [5.41, 5.74) is 1.70. The second-order valence-electron chi connectivity index (χ2n) is 5.22. The fourth-order valence-electron chi connectivity index (χ4n) is 2.35. The Labute approximate surface area is 123 Å². The van der Waals surface area contributed by atoms with Crippen molar-refractivity contribution in [1.82, 2.24) is 20.0 Å². The van der Waals surface area contributed by atoms with E-state index in [1.165, 1.54) is 0 Å². The molecule has 1 aliphatic heterocycles. The van der Waals surface area contributed by atoms with E-state index in [1.54, 1.807) is 12.3 Å². The molecule has 3 rings (SSSR count). The van der Waals surface area contributed by atoms with Crippen molar-refractivity contribution >= 4 is 5.82 Å². The third-order valence-corrected chi connectivity index (χ3v) is 3.51. The number of aromatic nitrogens is 4. The van der Waals surface area contributed by atoms with Crippen molar-refractivity contribution in [2.24, 2.45) is 5.92 Å². The molecule has 2 aromatic heterocycles. The van der Waals surface area contributed by atoms with Crippen LogP contribution in [-0.4, -0.2) is 38.3 Å². The molecule has 112 valence electrons. The number of aliphatic hydroxyl groups excluding tert-OH is 1. The molecule has 7 nitrogen and oxygen atoms in total. The number of pyridine rings is 1. The van der Waals surface area contributed by atoms with Crippen LogP contribution in [0.4, 0.5) is 5.82 Å². The van der Waals surface area contributed by atoms with E-state index < -0.39 is 0 Å². The van der Waals surface area contributed by atoms with Crippen molar-refractivity contribution in [3.8, 4) is 0 Å². The van der Waals surface area contributed by atoms with Crippen molar-refractivity contribution in [3.05, 3.63) is 35.8 Å². The normalized spacial score (nSPS) is 18.0. The highest BCUT2D eigenvalue weighted by Crippen LogP contribution is 2.14. The Morgan fingerprint density at radius 1 is 1.48 bits per heavy atom. The van der Waals surface area contributed by atoms with Gasteiger partial charge in [-0.1, -0.05) is 5.21 Å². The van der Waals surface area contributed by atoms with Crippen LogP contribution in [0.1, 0.15) is 17.7 Å². The molecule has 2 aromatic rings. The standard InChI is InChI=1S/C14H19N5O2/c20-9-11-1-3-15-14(5-11)16-6-13-8-19(18-17-13)7-12-2-4-21-10-12/h1,3,5,8,12,20H,2,4,6-7,9-10H2,(H,15,16). The Hall–Kier alpha value is -1.99. The van der Waals surface area contributed by atoms with Crippen LogP contribution < -0.4 is 5.32 Å².